The molecule has 0 aromatic heterocycles. The number of hydrogen-bond acceptors (Lipinski definition) is 3. The second-order valence-corrected chi connectivity index (χ2v) is 3.69. The lowest BCUT2D eigenvalue weighted by atomic mass is 9.83. The third-order valence-electron chi connectivity index (χ3n) is 2.58. The van der Waals surface area contributed by atoms with Gasteiger partial charge in [-0.25, -0.2) is 0 Å². The molecule has 0 heterocycles. The van der Waals surface area contributed by atoms with Gasteiger partial charge in [-0.1, -0.05) is 24.4 Å². The van der Waals surface area contributed by atoms with Gasteiger partial charge in [0.15, 0.2) is 0 Å². The van der Waals surface area contributed by atoms with E-state index < -0.39 is 5.54 Å². The summed E-state index contributed by atoms with van der Waals surface area (Å²) >= 11 is 0. The van der Waals surface area contributed by atoms with Gasteiger partial charge in [-0.15, -0.1) is 0 Å². The molecule has 1 aliphatic rings. The average molecular weight is 207 g/mol. The Morgan fingerprint density at radius 3 is 2.73 bits per heavy atom. The second kappa shape index (κ2) is 5.23. The van der Waals surface area contributed by atoms with Crippen molar-refractivity contribution in [3.8, 4) is 6.07 Å². The zero-order valence-electron chi connectivity index (χ0n) is 8.44. The summed E-state index contributed by atoms with van der Waals surface area (Å²) in [6.07, 6.45) is 4.39. The molecule has 0 bridgehead atoms. The first-order valence-corrected chi connectivity index (χ1v) is 4.95. The average Bonchev–Trinajstić information content (AvgIpc) is 2.27. The molecule has 1 amide bonds. The highest BCUT2D eigenvalue weighted by Gasteiger charge is 2.33. The third kappa shape index (κ3) is 3.15. The Labute approximate surface area is 87.9 Å². The monoisotopic (exact) mass is 207 g/mol. The summed E-state index contributed by atoms with van der Waals surface area (Å²) in [6, 6.07) is 2.16. The van der Waals surface area contributed by atoms with Crippen molar-refractivity contribution in [3.05, 3.63) is 10.4 Å². The molecule has 0 aliphatic heterocycles. The Hall–Kier alpha value is -1.73. The second-order valence-electron chi connectivity index (χ2n) is 3.69. The molecule has 1 fully saturated rings. The molecular weight excluding hydrogens is 194 g/mol. The summed E-state index contributed by atoms with van der Waals surface area (Å²) in [5.74, 6) is -0.378. The topological polar surface area (TPSA) is 102 Å². The van der Waals surface area contributed by atoms with Crippen molar-refractivity contribution in [1.29, 1.82) is 5.26 Å². The minimum Gasteiger partial charge on any atom is -0.338 e. The van der Waals surface area contributed by atoms with Crippen molar-refractivity contribution in [2.75, 3.05) is 6.54 Å². The number of nitriles is 1. The van der Waals surface area contributed by atoms with Crippen molar-refractivity contribution in [2.45, 2.75) is 37.6 Å². The highest BCUT2D eigenvalue weighted by atomic mass is 16.2. The number of carbonyl (C=O) groups is 1. The molecule has 1 rings (SSSR count). The molecule has 0 saturated heterocycles. The normalized spacial score (nSPS) is 18.3. The number of nitrogens with one attached hydrogen (secondary N) is 1. The summed E-state index contributed by atoms with van der Waals surface area (Å²) in [4.78, 5) is 13.8. The van der Waals surface area contributed by atoms with Crippen molar-refractivity contribution in [3.63, 3.8) is 0 Å². The number of amides is 1. The number of azide groups is 1. The fourth-order valence-electron chi connectivity index (χ4n) is 1.82. The Kier molecular flexibility index (Phi) is 3.95. The number of rotatable bonds is 3. The Bertz CT molecular complexity index is 320. The molecule has 1 aliphatic carbocycles. The van der Waals surface area contributed by atoms with E-state index in [1.165, 1.54) is 0 Å². The summed E-state index contributed by atoms with van der Waals surface area (Å²) in [5, 5.41) is 14.9. The molecule has 6 heteroatoms. The largest absolute Gasteiger partial charge is 0.338 e. The number of hydrogen-bond donors (Lipinski definition) is 1. The maximum Gasteiger partial charge on any atom is 0.227 e. The van der Waals surface area contributed by atoms with E-state index in [-0.39, 0.29) is 12.5 Å². The van der Waals surface area contributed by atoms with Crippen LogP contribution >= 0.6 is 0 Å². The summed E-state index contributed by atoms with van der Waals surface area (Å²) < 4.78 is 0. The fourth-order valence-corrected chi connectivity index (χ4v) is 1.82. The Morgan fingerprint density at radius 2 is 2.20 bits per heavy atom. The Morgan fingerprint density at radius 1 is 1.53 bits per heavy atom. The van der Waals surface area contributed by atoms with Gasteiger partial charge in [-0.3, -0.25) is 4.79 Å². The number of nitrogens with zero attached hydrogens (tertiary/aromatic N) is 4. The SMILES string of the molecule is N#CC1(NC(=O)CN=[N+]=[N-])CCCCC1. The summed E-state index contributed by atoms with van der Waals surface area (Å²) in [6.45, 7) is -0.236. The molecular formula is C9H13N5O. The lowest BCUT2D eigenvalue weighted by Gasteiger charge is -2.31. The lowest BCUT2D eigenvalue weighted by molar-refractivity contribution is -0.121. The van der Waals surface area contributed by atoms with Gasteiger partial charge in [0.2, 0.25) is 5.91 Å². The van der Waals surface area contributed by atoms with Gasteiger partial charge in [0.05, 0.1) is 6.07 Å². The van der Waals surface area contributed by atoms with E-state index in [0.29, 0.717) is 12.8 Å². The first kappa shape index (κ1) is 11.3. The van der Waals surface area contributed by atoms with Crippen LogP contribution in [-0.2, 0) is 4.79 Å². The molecule has 0 spiro atoms. The molecule has 6 nitrogen and oxygen atoms in total. The van der Waals surface area contributed by atoms with Gasteiger partial charge in [0, 0.05) is 4.91 Å². The molecule has 1 N–H and O–H groups in total. The van der Waals surface area contributed by atoms with Crippen LogP contribution in [0.2, 0.25) is 0 Å². The molecule has 0 atom stereocenters. The molecule has 1 saturated carbocycles. The van der Waals surface area contributed by atoms with Crippen molar-refractivity contribution >= 4 is 5.91 Å². The third-order valence-corrected chi connectivity index (χ3v) is 2.58. The number of carbonyl (C=O) groups excluding carboxylic acids is 1. The molecule has 0 unspecified atom stereocenters. The van der Waals surface area contributed by atoms with E-state index in [1.54, 1.807) is 0 Å². The van der Waals surface area contributed by atoms with Gasteiger partial charge in [-0.05, 0) is 18.4 Å². The zero-order chi connectivity index (χ0) is 11.1. The summed E-state index contributed by atoms with van der Waals surface area (Å²) in [5.41, 5.74) is 7.32. The van der Waals surface area contributed by atoms with E-state index in [9.17, 15) is 4.79 Å². The highest BCUT2D eigenvalue weighted by Crippen LogP contribution is 2.27. The van der Waals surface area contributed by atoms with Gasteiger partial charge in [0.1, 0.15) is 12.1 Å². The van der Waals surface area contributed by atoms with Crippen molar-refractivity contribution in [1.82, 2.24) is 5.32 Å². The van der Waals surface area contributed by atoms with Crippen LogP contribution in [0.3, 0.4) is 0 Å². The van der Waals surface area contributed by atoms with Crippen LogP contribution in [0.4, 0.5) is 0 Å². The first-order chi connectivity index (χ1) is 7.22. The van der Waals surface area contributed by atoms with E-state index in [4.69, 9.17) is 10.8 Å². The van der Waals surface area contributed by atoms with Crippen LogP contribution in [0.5, 0.6) is 0 Å². The molecule has 80 valence electrons. The first-order valence-electron chi connectivity index (χ1n) is 4.95. The minimum atomic E-state index is -0.736. The van der Waals surface area contributed by atoms with Crippen LogP contribution < -0.4 is 5.32 Å². The van der Waals surface area contributed by atoms with Gasteiger partial charge in [-0.2, -0.15) is 5.26 Å². The minimum absolute atomic E-state index is 0.236. The van der Waals surface area contributed by atoms with E-state index >= 15 is 0 Å². The maximum absolute atomic E-state index is 11.3. The van der Waals surface area contributed by atoms with Crippen LogP contribution in [0.15, 0.2) is 5.11 Å². The van der Waals surface area contributed by atoms with E-state index in [0.717, 1.165) is 19.3 Å². The van der Waals surface area contributed by atoms with Gasteiger partial charge >= 0.3 is 0 Å². The Balaban J connectivity index is 2.56. The maximum atomic E-state index is 11.3. The molecule has 0 aromatic carbocycles. The van der Waals surface area contributed by atoms with Gasteiger partial charge in [0.25, 0.3) is 0 Å². The van der Waals surface area contributed by atoms with Crippen LogP contribution in [0.1, 0.15) is 32.1 Å². The van der Waals surface area contributed by atoms with Crippen LogP contribution in [0.25, 0.3) is 10.4 Å². The molecule has 0 radical (unpaired) electrons. The molecule has 0 aromatic rings. The summed E-state index contributed by atoms with van der Waals surface area (Å²) in [7, 11) is 0. The standard InChI is InChI=1S/C9H13N5O/c10-7-9(4-2-1-3-5-9)13-8(15)6-12-14-11/h1-6H2,(H,13,15). The lowest BCUT2D eigenvalue weighted by Crippen LogP contribution is -2.49. The van der Waals surface area contributed by atoms with Crippen LogP contribution in [0, 0.1) is 11.3 Å². The van der Waals surface area contributed by atoms with Crippen molar-refractivity contribution < 1.29 is 4.79 Å². The molecule has 15 heavy (non-hydrogen) atoms. The van der Waals surface area contributed by atoms with E-state index in [1.807, 2.05) is 0 Å². The predicted octanol–water partition coefficient (Wildman–Crippen LogP) is 1.64. The highest BCUT2D eigenvalue weighted by molar-refractivity contribution is 5.79. The van der Waals surface area contributed by atoms with E-state index in [2.05, 4.69) is 21.4 Å². The zero-order valence-corrected chi connectivity index (χ0v) is 8.44. The smallest absolute Gasteiger partial charge is 0.227 e. The quantitative estimate of drug-likeness (QED) is 0.432. The van der Waals surface area contributed by atoms with Crippen LogP contribution in [-0.4, -0.2) is 18.0 Å². The fraction of sp³-hybridized carbons (Fsp3) is 0.778. The predicted molar refractivity (Wildman–Crippen MR) is 53.6 cm³/mol. The van der Waals surface area contributed by atoms with Gasteiger partial charge < -0.3 is 5.32 Å². The van der Waals surface area contributed by atoms with Crippen molar-refractivity contribution in [2.24, 2.45) is 5.11 Å².